The van der Waals surface area contributed by atoms with Crippen molar-refractivity contribution in [2.75, 3.05) is 43.4 Å². The zero-order valence-corrected chi connectivity index (χ0v) is 18.1. The number of nitrogens with zero attached hydrogens (tertiary/aromatic N) is 3. The number of fused-ring (bicyclic) bond motifs is 1. The lowest BCUT2D eigenvalue weighted by Crippen LogP contribution is -2.44. The largest absolute Gasteiger partial charge is 0.489 e. The Morgan fingerprint density at radius 2 is 1.72 bits per heavy atom. The first-order chi connectivity index (χ1) is 15.7. The molecule has 0 atom stereocenters. The molecule has 3 aromatic carbocycles. The van der Waals surface area contributed by atoms with E-state index in [0.29, 0.717) is 18.0 Å². The second-order valence-corrected chi connectivity index (χ2v) is 8.21. The number of nitrogens with one attached hydrogen (secondary N) is 1. The molecule has 0 spiro atoms. The van der Waals surface area contributed by atoms with Gasteiger partial charge in [-0.15, -0.1) is 0 Å². The van der Waals surface area contributed by atoms with Gasteiger partial charge in [-0.25, -0.2) is 0 Å². The van der Waals surface area contributed by atoms with Gasteiger partial charge in [0.1, 0.15) is 18.2 Å². The summed E-state index contributed by atoms with van der Waals surface area (Å²) in [5, 5.41) is 3.17. The molecule has 1 fully saturated rings. The van der Waals surface area contributed by atoms with Gasteiger partial charge in [0.25, 0.3) is 5.91 Å². The normalized spacial score (nSPS) is 16.8. The van der Waals surface area contributed by atoms with Crippen LogP contribution in [-0.2, 0) is 6.61 Å². The van der Waals surface area contributed by atoms with E-state index in [4.69, 9.17) is 4.74 Å². The number of carbonyl (C=O) groups is 1. The van der Waals surface area contributed by atoms with Gasteiger partial charge in [-0.05, 0) is 49.0 Å². The van der Waals surface area contributed by atoms with E-state index in [0.717, 1.165) is 54.4 Å². The number of hydrogen-bond acceptors (Lipinski definition) is 4. The maximum atomic E-state index is 12.6. The fourth-order valence-corrected chi connectivity index (χ4v) is 3.93. The summed E-state index contributed by atoms with van der Waals surface area (Å²) < 4.78 is 5.86. The van der Waals surface area contributed by atoms with Gasteiger partial charge in [0, 0.05) is 49.1 Å². The van der Waals surface area contributed by atoms with Crippen LogP contribution in [0.1, 0.15) is 21.5 Å². The molecule has 0 aliphatic carbocycles. The molecule has 162 valence electrons. The average molecular weight is 427 g/mol. The number of piperazine rings is 1. The van der Waals surface area contributed by atoms with Crippen LogP contribution < -0.4 is 15.0 Å². The number of aliphatic imine (C=N–C) groups is 1. The third-order valence-electron chi connectivity index (χ3n) is 5.94. The standard InChI is InChI=1S/C26H26N4O2/c1-29-13-15-30(16-14-29)21-9-7-20(8-10-21)26(31)28-25-23-12-11-22(17-24(23)27-25)32-18-19-5-3-2-4-6-19/h2-12,17H,13-16,18H2,1H3,(H,27,28,31). The molecule has 2 aliphatic heterocycles. The summed E-state index contributed by atoms with van der Waals surface area (Å²) >= 11 is 0. The van der Waals surface area contributed by atoms with Crippen molar-refractivity contribution in [1.82, 2.24) is 4.90 Å². The van der Waals surface area contributed by atoms with Crippen LogP contribution >= 0.6 is 0 Å². The number of amides is 1. The number of amidine groups is 1. The maximum Gasteiger partial charge on any atom is 0.278 e. The van der Waals surface area contributed by atoms with Gasteiger partial charge in [-0.2, -0.15) is 4.99 Å². The molecule has 3 aromatic rings. The van der Waals surface area contributed by atoms with Crippen molar-refractivity contribution in [1.29, 1.82) is 0 Å². The van der Waals surface area contributed by atoms with Gasteiger partial charge in [-0.1, -0.05) is 30.3 Å². The van der Waals surface area contributed by atoms with Gasteiger partial charge < -0.3 is 19.9 Å². The Bertz CT molecular complexity index is 1130. The van der Waals surface area contributed by atoms with Crippen molar-refractivity contribution in [2.45, 2.75) is 6.61 Å². The highest BCUT2D eigenvalue weighted by Gasteiger charge is 2.23. The molecule has 0 unspecified atom stereocenters. The minimum Gasteiger partial charge on any atom is -0.489 e. The summed E-state index contributed by atoms with van der Waals surface area (Å²) in [4.78, 5) is 21.6. The monoisotopic (exact) mass is 426 g/mol. The van der Waals surface area contributed by atoms with Crippen LogP contribution in [0.2, 0.25) is 0 Å². The minimum atomic E-state index is -0.243. The van der Waals surface area contributed by atoms with Crippen molar-refractivity contribution in [3.05, 3.63) is 89.5 Å². The van der Waals surface area contributed by atoms with E-state index in [2.05, 4.69) is 27.2 Å². The van der Waals surface area contributed by atoms with Crippen molar-refractivity contribution in [3.8, 4) is 5.75 Å². The van der Waals surface area contributed by atoms with Gasteiger partial charge in [0.2, 0.25) is 0 Å². The van der Waals surface area contributed by atoms with E-state index in [-0.39, 0.29) is 5.91 Å². The molecule has 1 N–H and O–H groups in total. The van der Waals surface area contributed by atoms with Crippen LogP contribution in [0.25, 0.3) is 0 Å². The molecular weight excluding hydrogens is 400 g/mol. The zero-order chi connectivity index (χ0) is 21.9. The lowest BCUT2D eigenvalue weighted by Gasteiger charge is -2.34. The molecule has 32 heavy (non-hydrogen) atoms. The molecule has 0 saturated carbocycles. The van der Waals surface area contributed by atoms with E-state index in [9.17, 15) is 4.79 Å². The zero-order valence-electron chi connectivity index (χ0n) is 18.1. The first-order valence-corrected chi connectivity index (χ1v) is 10.9. The summed E-state index contributed by atoms with van der Waals surface area (Å²) in [6.45, 7) is 4.63. The Hall–Kier alpha value is -3.64. The molecular formula is C26H26N4O2. The Morgan fingerprint density at radius 3 is 2.44 bits per heavy atom. The Balaban J connectivity index is 1.21. The summed E-state index contributed by atoms with van der Waals surface area (Å²) in [6.07, 6.45) is 0. The molecule has 2 heterocycles. The smallest absolute Gasteiger partial charge is 0.278 e. The number of likely N-dealkylation sites (N-methyl/N-ethyl adjacent to an activating group) is 1. The topological polar surface area (TPSA) is 57.2 Å². The van der Waals surface area contributed by atoms with Crippen molar-refractivity contribution >= 4 is 23.1 Å². The van der Waals surface area contributed by atoms with Crippen LogP contribution in [0.4, 0.5) is 11.4 Å². The molecule has 6 nitrogen and oxygen atoms in total. The molecule has 6 heteroatoms. The van der Waals surface area contributed by atoms with Crippen LogP contribution in [0.3, 0.4) is 0 Å². The first kappa shape index (κ1) is 20.3. The van der Waals surface area contributed by atoms with E-state index < -0.39 is 0 Å². The Morgan fingerprint density at radius 1 is 0.969 bits per heavy atom. The lowest BCUT2D eigenvalue weighted by atomic mass is 10.0. The van der Waals surface area contributed by atoms with Crippen molar-refractivity contribution < 1.29 is 9.53 Å². The van der Waals surface area contributed by atoms with Crippen LogP contribution in [0.5, 0.6) is 5.75 Å². The van der Waals surface area contributed by atoms with E-state index in [1.165, 1.54) is 0 Å². The molecule has 1 amide bonds. The highest BCUT2D eigenvalue weighted by molar-refractivity contribution is 6.25. The van der Waals surface area contributed by atoms with Crippen LogP contribution in [0, 0.1) is 0 Å². The summed E-state index contributed by atoms with van der Waals surface area (Å²) in [7, 11) is 2.14. The third kappa shape index (κ3) is 4.36. The minimum absolute atomic E-state index is 0.243. The quantitative estimate of drug-likeness (QED) is 0.668. The average Bonchev–Trinajstić information content (AvgIpc) is 2.82. The van der Waals surface area contributed by atoms with Gasteiger partial charge in [-0.3, -0.25) is 4.79 Å². The first-order valence-electron chi connectivity index (χ1n) is 10.9. The molecule has 5 rings (SSSR count). The van der Waals surface area contributed by atoms with E-state index in [1.807, 2.05) is 72.8 Å². The predicted molar refractivity (Wildman–Crippen MR) is 128 cm³/mol. The highest BCUT2D eigenvalue weighted by Crippen LogP contribution is 2.31. The van der Waals surface area contributed by atoms with E-state index in [1.54, 1.807) is 0 Å². The molecule has 0 aromatic heterocycles. The number of rotatable bonds is 5. The fourth-order valence-electron chi connectivity index (χ4n) is 3.93. The van der Waals surface area contributed by atoms with Crippen molar-refractivity contribution in [3.63, 3.8) is 0 Å². The van der Waals surface area contributed by atoms with Crippen molar-refractivity contribution in [2.24, 2.45) is 4.99 Å². The van der Waals surface area contributed by atoms with Crippen LogP contribution in [-0.4, -0.2) is 49.9 Å². The summed E-state index contributed by atoms with van der Waals surface area (Å²) in [6, 6.07) is 23.6. The third-order valence-corrected chi connectivity index (χ3v) is 5.94. The summed E-state index contributed by atoms with van der Waals surface area (Å²) in [5.41, 5.74) is 4.72. The predicted octanol–water partition coefficient (Wildman–Crippen LogP) is 4.03. The number of ether oxygens (including phenoxy) is 1. The number of anilines is 2. The fraction of sp³-hybridized carbons (Fsp3) is 0.231. The number of hydrogen-bond donors (Lipinski definition) is 1. The van der Waals surface area contributed by atoms with E-state index >= 15 is 0 Å². The van der Waals surface area contributed by atoms with Gasteiger partial charge in [0.05, 0.1) is 5.69 Å². The Kier molecular flexibility index (Phi) is 5.60. The summed E-state index contributed by atoms with van der Waals surface area (Å²) in [5.74, 6) is 1.14. The number of carbonyl (C=O) groups excluding carboxylic acids is 1. The second kappa shape index (κ2) is 8.85. The number of benzene rings is 3. The van der Waals surface area contributed by atoms with Gasteiger partial charge in [0.15, 0.2) is 0 Å². The van der Waals surface area contributed by atoms with Crippen LogP contribution in [0.15, 0.2) is 77.8 Å². The Labute approximate surface area is 188 Å². The SMILES string of the molecule is CN1CCN(c2ccc(C(=O)N=C3Nc4cc(OCc5ccccc5)ccc43)cc2)CC1. The maximum absolute atomic E-state index is 12.6. The molecule has 1 saturated heterocycles. The molecule has 0 radical (unpaired) electrons. The van der Waals surface area contributed by atoms with Gasteiger partial charge >= 0.3 is 0 Å². The molecule has 2 aliphatic rings. The lowest BCUT2D eigenvalue weighted by molar-refractivity contribution is 0.100. The molecule has 0 bridgehead atoms. The second-order valence-electron chi connectivity index (χ2n) is 8.21. The highest BCUT2D eigenvalue weighted by atomic mass is 16.5.